The second kappa shape index (κ2) is 7.49. The molecule has 0 aromatic heterocycles. The molecule has 0 amide bonds. The SMILES string of the molecule is CC(C)CC(CN(C)C)NC1CCS(=O)CC1. The zero-order valence-corrected chi connectivity index (χ0v) is 12.6. The first-order valence-electron chi connectivity index (χ1n) is 6.73. The number of nitrogens with zero attached hydrogens (tertiary/aromatic N) is 1. The Morgan fingerprint density at radius 2 is 1.88 bits per heavy atom. The smallest absolute Gasteiger partial charge is 0.0249 e. The van der Waals surface area contributed by atoms with Gasteiger partial charge in [-0.3, -0.25) is 4.21 Å². The predicted molar refractivity (Wildman–Crippen MR) is 75.8 cm³/mol. The van der Waals surface area contributed by atoms with Crippen LogP contribution in [0, 0.1) is 5.92 Å². The van der Waals surface area contributed by atoms with E-state index in [1.165, 1.54) is 6.42 Å². The van der Waals surface area contributed by atoms with Gasteiger partial charge in [0.15, 0.2) is 0 Å². The summed E-state index contributed by atoms with van der Waals surface area (Å²) in [6.45, 7) is 5.65. The summed E-state index contributed by atoms with van der Waals surface area (Å²) in [5.41, 5.74) is 0. The quantitative estimate of drug-likeness (QED) is 0.785. The Morgan fingerprint density at radius 1 is 1.29 bits per heavy atom. The Kier molecular flexibility index (Phi) is 6.67. The third-order valence-electron chi connectivity index (χ3n) is 3.20. The molecule has 1 aliphatic rings. The van der Waals surface area contributed by atoms with Gasteiger partial charge < -0.3 is 10.2 Å². The van der Waals surface area contributed by atoms with Crippen molar-refractivity contribution in [2.75, 3.05) is 32.1 Å². The summed E-state index contributed by atoms with van der Waals surface area (Å²) in [5, 5.41) is 3.76. The Labute approximate surface area is 109 Å². The molecule has 0 bridgehead atoms. The third-order valence-corrected chi connectivity index (χ3v) is 4.58. The van der Waals surface area contributed by atoms with E-state index in [4.69, 9.17) is 0 Å². The maximum absolute atomic E-state index is 11.3. The number of nitrogens with one attached hydrogen (secondary N) is 1. The van der Waals surface area contributed by atoms with E-state index < -0.39 is 10.8 Å². The molecule has 0 aromatic carbocycles. The molecule has 1 unspecified atom stereocenters. The van der Waals surface area contributed by atoms with Crippen LogP contribution in [0.5, 0.6) is 0 Å². The van der Waals surface area contributed by atoms with Crippen LogP contribution in [0.2, 0.25) is 0 Å². The van der Waals surface area contributed by atoms with Crippen molar-refractivity contribution in [1.82, 2.24) is 10.2 Å². The van der Waals surface area contributed by atoms with Crippen LogP contribution in [-0.2, 0) is 10.8 Å². The van der Waals surface area contributed by atoms with Crippen molar-refractivity contribution in [3.8, 4) is 0 Å². The molecule has 1 rings (SSSR count). The summed E-state index contributed by atoms with van der Waals surface area (Å²) in [7, 11) is 3.71. The zero-order valence-electron chi connectivity index (χ0n) is 11.7. The molecule has 3 nitrogen and oxygen atoms in total. The normalized spacial score (nSPS) is 27.6. The number of hydrogen-bond donors (Lipinski definition) is 1. The lowest BCUT2D eigenvalue weighted by atomic mass is 10.0. The molecule has 17 heavy (non-hydrogen) atoms. The lowest BCUT2D eigenvalue weighted by molar-refractivity contribution is 0.279. The predicted octanol–water partition coefficient (Wildman–Crippen LogP) is 1.46. The summed E-state index contributed by atoms with van der Waals surface area (Å²) in [4.78, 5) is 2.25. The van der Waals surface area contributed by atoms with Crippen LogP contribution < -0.4 is 5.32 Å². The molecule has 1 fully saturated rings. The van der Waals surface area contributed by atoms with E-state index in [1.807, 2.05) is 0 Å². The van der Waals surface area contributed by atoms with Crippen LogP contribution in [0.15, 0.2) is 0 Å². The van der Waals surface area contributed by atoms with Gasteiger partial charge in [-0.2, -0.15) is 0 Å². The van der Waals surface area contributed by atoms with E-state index in [2.05, 4.69) is 38.2 Å². The van der Waals surface area contributed by atoms with Crippen molar-refractivity contribution in [3.05, 3.63) is 0 Å². The Bertz CT molecular complexity index is 224. The van der Waals surface area contributed by atoms with Gasteiger partial charge in [0.05, 0.1) is 0 Å². The first-order valence-corrected chi connectivity index (χ1v) is 8.22. The maximum Gasteiger partial charge on any atom is 0.0249 e. The van der Waals surface area contributed by atoms with Crippen molar-refractivity contribution < 1.29 is 4.21 Å². The highest BCUT2D eigenvalue weighted by Crippen LogP contribution is 2.13. The molecule has 0 aromatic rings. The highest BCUT2D eigenvalue weighted by atomic mass is 32.2. The van der Waals surface area contributed by atoms with Gasteiger partial charge in [0.25, 0.3) is 0 Å². The highest BCUT2D eigenvalue weighted by molar-refractivity contribution is 7.85. The Morgan fingerprint density at radius 3 is 2.35 bits per heavy atom. The van der Waals surface area contributed by atoms with Crippen molar-refractivity contribution >= 4 is 10.8 Å². The van der Waals surface area contributed by atoms with E-state index in [0.29, 0.717) is 12.1 Å². The fraction of sp³-hybridized carbons (Fsp3) is 1.00. The van der Waals surface area contributed by atoms with Crippen molar-refractivity contribution in [2.45, 2.75) is 45.2 Å². The molecule has 1 N–H and O–H groups in total. The Balaban J connectivity index is 2.39. The van der Waals surface area contributed by atoms with Crippen molar-refractivity contribution in [1.29, 1.82) is 0 Å². The Hall–Kier alpha value is 0.0700. The van der Waals surface area contributed by atoms with E-state index in [-0.39, 0.29) is 0 Å². The van der Waals surface area contributed by atoms with Gasteiger partial charge in [-0.05, 0) is 39.3 Å². The van der Waals surface area contributed by atoms with Gasteiger partial charge in [-0.1, -0.05) is 13.8 Å². The van der Waals surface area contributed by atoms with Gasteiger partial charge in [-0.25, -0.2) is 0 Å². The minimum atomic E-state index is -0.548. The van der Waals surface area contributed by atoms with Gasteiger partial charge in [0.1, 0.15) is 0 Å². The van der Waals surface area contributed by atoms with Gasteiger partial charge in [0.2, 0.25) is 0 Å². The highest BCUT2D eigenvalue weighted by Gasteiger charge is 2.21. The summed E-state index contributed by atoms with van der Waals surface area (Å²) in [6.07, 6.45) is 3.38. The lowest BCUT2D eigenvalue weighted by Gasteiger charge is -2.30. The molecule has 0 spiro atoms. The van der Waals surface area contributed by atoms with Gasteiger partial charge in [-0.15, -0.1) is 0 Å². The molecule has 1 atom stereocenters. The molecule has 102 valence electrons. The summed E-state index contributed by atoms with van der Waals surface area (Å²) < 4.78 is 11.3. The van der Waals surface area contributed by atoms with Gasteiger partial charge in [0, 0.05) is 40.9 Å². The van der Waals surface area contributed by atoms with Crippen LogP contribution in [0.3, 0.4) is 0 Å². The fourth-order valence-electron chi connectivity index (χ4n) is 2.50. The second-order valence-electron chi connectivity index (χ2n) is 5.88. The van der Waals surface area contributed by atoms with Crippen molar-refractivity contribution in [3.63, 3.8) is 0 Å². The first kappa shape index (κ1) is 15.1. The summed E-state index contributed by atoms with van der Waals surface area (Å²) >= 11 is 0. The molecule has 4 heteroatoms. The van der Waals surface area contributed by atoms with Gasteiger partial charge >= 0.3 is 0 Å². The van der Waals surface area contributed by atoms with Crippen LogP contribution >= 0.6 is 0 Å². The number of hydrogen-bond acceptors (Lipinski definition) is 3. The zero-order chi connectivity index (χ0) is 12.8. The van der Waals surface area contributed by atoms with Crippen LogP contribution in [-0.4, -0.2) is 53.3 Å². The second-order valence-corrected chi connectivity index (χ2v) is 7.57. The standard InChI is InChI=1S/C13H28N2OS/c1-11(2)9-13(10-15(3)4)14-12-5-7-17(16)8-6-12/h11-14H,5-10H2,1-4H3. The molecule has 0 saturated carbocycles. The summed E-state index contributed by atoms with van der Waals surface area (Å²) in [6, 6.07) is 1.15. The first-order chi connectivity index (χ1) is 7.97. The summed E-state index contributed by atoms with van der Waals surface area (Å²) in [5.74, 6) is 2.49. The van der Waals surface area contributed by atoms with Crippen molar-refractivity contribution in [2.24, 2.45) is 5.92 Å². The van der Waals surface area contributed by atoms with Crippen LogP contribution in [0.1, 0.15) is 33.1 Å². The molecule has 1 heterocycles. The van der Waals surface area contributed by atoms with Crippen LogP contribution in [0.4, 0.5) is 0 Å². The molecule has 1 saturated heterocycles. The lowest BCUT2D eigenvalue weighted by Crippen LogP contribution is -2.46. The largest absolute Gasteiger partial charge is 0.310 e. The molecular weight excluding hydrogens is 232 g/mol. The minimum Gasteiger partial charge on any atom is -0.310 e. The number of likely N-dealkylation sites (N-methyl/N-ethyl adjacent to an activating group) is 1. The maximum atomic E-state index is 11.3. The van der Waals surface area contributed by atoms with E-state index in [9.17, 15) is 4.21 Å². The van der Waals surface area contributed by atoms with Crippen LogP contribution in [0.25, 0.3) is 0 Å². The monoisotopic (exact) mass is 260 g/mol. The minimum absolute atomic E-state index is 0.548. The average Bonchev–Trinajstić information content (AvgIpc) is 2.19. The molecule has 0 radical (unpaired) electrons. The topological polar surface area (TPSA) is 32.3 Å². The molecular formula is C13H28N2OS. The number of rotatable bonds is 6. The van der Waals surface area contributed by atoms with E-state index >= 15 is 0 Å². The fourth-order valence-corrected chi connectivity index (χ4v) is 3.80. The molecule has 1 aliphatic heterocycles. The van der Waals surface area contributed by atoms with E-state index in [0.717, 1.165) is 36.8 Å². The van der Waals surface area contributed by atoms with E-state index in [1.54, 1.807) is 0 Å². The average molecular weight is 260 g/mol. The third kappa shape index (κ3) is 6.53. The molecule has 0 aliphatic carbocycles.